The Morgan fingerprint density at radius 3 is 2.04 bits per heavy atom. The van der Waals surface area contributed by atoms with Crippen LogP contribution in [0, 0.1) is 11.3 Å². The molecule has 1 saturated carbocycles. The maximum Gasteiger partial charge on any atom is 0.343 e. The molecule has 0 saturated heterocycles. The number of benzene rings is 3. The molecule has 1 N–H and O–H groups in total. The van der Waals surface area contributed by atoms with Gasteiger partial charge in [0.2, 0.25) is 0 Å². The summed E-state index contributed by atoms with van der Waals surface area (Å²) >= 11 is 0. The molecule has 0 bridgehead atoms. The van der Waals surface area contributed by atoms with Crippen LogP contribution < -0.4 is 14.2 Å². The van der Waals surface area contributed by atoms with Crippen LogP contribution in [0.4, 0.5) is 0 Å². The molecule has 1 fully saturated rings. The Kier molecular flexibility index (Phi) is 20.4. The third-order valence-electron chi connectivity index (χ3n) is 8.36. The Morgan fingerprint density at radius 2 is 1.49 bits per heavy atom. The molecule has 4 rings (SSSR count). The summed E-state index contributed by atoms with van der Waals surface area (Å²) in [5.74, 6) is 2.92. The maximum absolute atomic E-state index is 12.4. The van der Waals surface area contributed by atoms with Gasteiger partial charge in [0.25, 0.3) is 0 Å². The minimum atomic E-state index is -0.432. The molecule has 0 spiro atoms. The minimum Gasteiger partial charge on any atom is -0.497 e. The van der Waals surface area contributed by atoms with E-state index in [2.05, 4.69) is 19.6 Å². The Balaban J connectivity index is 0.000000338. The van der Waals surface area contributed by atoms with Crippen LogP contribution in [0.25, 0.3) is 0 Å². The van der Waals surface area contributed by atoms with E-state index < -0.39 is 5.97 Å². The standard InChI is InChI=1S/C24H29NO3.C14H20O3.C3H4O/c1-3-4-17-5-7-18(8-6-17)20-11-14-23(21(15-20)16-25)28-24(26)19-9-12-22(27-2)13-10-19;1-16-10-4-2-3-5-11-17-14-8-6-13(12-15)7-9-14;1-2-3-4/h9-18,25H,3-8H2,1-2H3;6-9,12H,2-5,10-11H2,1H3;2-3H,1H2. The zero-order valence-corrected chi connectivity index (χ0v) is 29.4. The van der Waals surface area contributed by atoms with Crippen LogP contribution in [0.2, 0.25) is 0 Å². The van der Waals surface area contributed by atoms with Crippen molar-refractivity contribution in [1.29, 1.82) is 5.41 Å². The van der Waals surface area contributed by atoms with Crippen LogP contribution in [0.5, 0.6) is 17.2 Å². The monoisotopic (exact) mass is 671 g/mol. The highest BCUT2D eigenvalue weighted by molar-refractivity contribution is 5.93. The Labute approximate surface area is 292 Å². The van der Waals surface area contributed by atoms with Crippen molar-refractivity contribution in [2.75, 3.05) is 27.4 Å². The first-order valence-corrected chi connectivity index (χ1v) is 17.2. The van der Waals surface area contributed by atoms with Crippen LogP contribution in [0.1, 0.15) is 109 Å². The molecule has 0 unspecified atom stereocenters. The molecule has 264 valence electrons. The summed E-state index contributed by atoms with van der Waals surface area (Å²) in [7, 11) is 3.31. The number of hydrogen-bond donors (Lipinski definition) is 1. The number of unbranched alkanes of at least 4 members (excludes halogenated alkanes) is 3. The Morgan fingerprint density at radius 1 is 0.857 bits per heavy atom. The summed E-state index contributed by atoms with van der Waals surface area (Å²) in [4.78, 5) is 31.9. The van der Waals surface area contributed by atoms with Gasteiger partial charge in [0, 0.05) is 31.1 Å². The van der Waals surface area contributed by atoms with Crippen LogP contribution >= 0.6 is 0 Å². The molecule has 0 aliphatic heterocycles. The molecule has 0 heterocycles. The van der Waals surface area contributed by atoms with Gasteiger partial charge in [-0.05, 0) is 129 Å². The van der Waals surface area contributed by atoms with Crippen molar-refractivity contribution in [3.8, 4) is 17.2 Å². The lowest BCUT2D eigenvalue weighted by Crippen LogP contribution is -2.14. The van der Waals surface area contributed by atoms with Crippen molar-refractivity contribution < 1.29 is 33.3 Å². The van der Waals surface area contributed by atoms with E-state index in [4.69, 9.17) is 29.2 Å². The van der Waals surface area contributed by atoms with Crippen LogP contribution in [0.3, 0.4) is 0 Å². The lowest BCUT2D eigenvalue weighted by molar-refractivity contribution is -0.104. The van der Waals surface area contributed by atoms with E-state index in [1.165, 1.54) is 62.8 Å². The Hall–Kier alpha value is -4.56. The average Bonchev–Trinajstić information content (AvgIpc) is 3.15. The number of ether oxygens (including phenoxy) is 4. The molecular formula is C41H53NO7. The molecule has 0 radical (unpaired) electrons. The van der Waals surface area contributed by atoms with Crippen molar-refractivity contribution in [3.05, 3.63) is 102 Å². The van der Waals surface area contributed by atoms with Crippen LogP contribution in [-0.2, 0) is 9.53 Å². The molecule has 0 amide bonds. The molecule has 49 heavy (non-hydrogen) atoms. The Bertz CT molecular complexity index is 1390. The summed E-state index contributed by atoms with van der Waals surface area (Å²) < 4.78 is 21.2. The fourth-order valence-corrected chi connectivity index (χ4v) is 5.64. The lowest BCUT2D eigenvalue weighted by Gasteiger charge is -2.29. The SMILES string of the molecule is C=CC=O.CCCC1CCC(c2ccc(OC(=O)c3ccc(OC)cc3)c(C=N)c2)CC1.COCCCCCCOc1ccc(C=O)cc1. The molecule has 3 aromatic rings. The van der Waals surface area contributed by atoms with Gasteiger partial charge < -0.3 is 24.4 Å². The summed E-state index contributed by atoms with van der Waals surface area (Å²) in [5.41, 5.74) is 3.03. The minimum absolute atomic E-state index is 0.430. The number of hydrogen-bond acceptors (Lipinski definition) is 8. The van der Waals surface area contributed by atoms with Gasteiger partial charge in [-0.2, -0.15) is 0 Å². The number of methoxy groups -OCH3 is 2. The third kappa shape index (κ3) is 15.5. The predicted octanol–water partition coefficient (Wildman–Crippen LogP) is 9.44. The van der Waals surface area contributed by atoms with E-state index >= 15 is 0 Å². The smallest absolute Gasteiger partial charge is 0.343 e. The number of allylic oxidation sites excluding steroid dienone is 1. The predicted molar refractivity (Wildman–Crippen MR) is 196 cm³/mol. The quantitative estimate of drug-likeness (QED) is 0.0380. The van der Waals surface area contributed by atoms with Crippen LogP contribution in [0.15, 0.2) is 79.4 Å². The second-order valence-corrected chi connectivity index (χ2v) is 11.9. The zero-order valence-electron chi connectivity index (χ0n) is 29.4. The van der Waals surface area contributed by atoms with E-state index in [-0.39, 0.29) is 0 Å². The molecule has 0 atom stereocenters. The summed E-state index contributed by atoms with van der Waals surface area (Å²) in [6, 6.07) is 19.9. The molecule has 1 aliphatic rings. The van der Waals surface area contributed by atoms with Gasteiger partial charge in [-0.3, -0.25) is 9.59 Å². The number of rotatable bonds is 17. The number of esters is 1. The third-order valence-corrected chi connectivity index (χ3v) is 8.36. The molecular weight excluding hydrogens is 618 g/mol. The first-order valence-electron chi connectivity index (χ1n) is 17.2. The van der Waals surface area contributed by atoms with E-state index in [1.54, 1.807) is 50.6 Å². The van der Waals surface area contributed by atoms with Crippen molar-refractivity contribution in [2.45, 2.75) is 77.0 Å². The normalized spacial score (nSPS) is 14.8. The lowest BCUT2D eigenvalue weighted by atomic mass is 9.77. The molecule has 8 heteroatoms. The highest BCUT2D eigenvalue weighted by atomic mass is 16.5. The largest absolute Gasteiger partial charge is 0.497 e. The van der Waals surface area contributed by atoms with Gasteiger partial charge in [0.05, 0.1) is 19.3 Å². The van der Waals surface area contributed by atoms with Crippen molar-refractivity contribution in [2.24, 2.45) is 5.92 Å². The highest BCUT2D eigenvalue weighted by Gasteiger charge is 2.23. The van der Waals surface area contributed by atoms with Gasteiger partial charge >= 0.3 is 5.97 Å². The van der Waals surface area contributed by atoms with Crippen molar-refractivity contribution in [3.63, 3.8) is 0 Å². The summed E-state index contributed by atoms with van der Waals surface area (Å²) in [5, 5.41) is 7.75. The summed E-state index contributed by atoms with van der Waals surface area (Å²) in [6.07, 6.45) is 16.0. The average molecular weight is 672 g/mol. The van der Waals surface area contributed by atoms with Crippen molar-refractivity contribution in [1.82, 2.24) is 0 Å². The highest BCUT2D eigenvalue weighted by Crippen LogP contribution is 2.38. The molecule has 1 aliphatic carbocycles. The fourth-order valence-electron chi connectivity index (χ4n) is 5.64. The molecule has 8 nitrogen and oxygen atoms in total. The second kappa shape index (κ2) is 24.6. The number of carbonyl (C=O) groups is 3. The van der Waals surface area contributed by atoms with Crippen LogP contribution in [-0.4, -0.2) is 52.2 Å². The second-order valence-electron chi connectivity index (χ2n) is 11.9. The first kappa shape index (κ1) is 40.6. The van der Waals surface area contributed by atoms with E-state index in [1.807, 2.05) is 24.3 Å². The van der Waals surface area contributed by atoms with Gasteiger partial charge in [0.15, 0.2) is 0 Å². The van der Waals surface area contributed by atoms with Gasteiger partial charge in [0.1, 0.15) is 29.8 Å². The molecule has 3 aromatic carbocycles. The van der Waals surface area contributed by atoms with Crippen molar-refractivity contribution >= 4 is 24.8 Å². The van der Waals surface area contributed by atoms with Gasteiger partial charge in [-0.15, -0.1) is 0 Å². The number of aldehydes is 2. The van der Waals surface area contributed by atoms with E-state index in [0.29, 0.717) is 40.4 Å². The topological polar surface area (TPSA) is 112 Å². The van der Waals surface area contributed by atoms with Gasteiger partial charge in [-0.1, -0.05) is 38.8 Å². The number of carbonyl (C=O) groups excluding carboxylic acids is 3. The van der Waals surface area contributed by atoms with Gasteiger partial charge in [-0.25, -0.2) is 4.79 Å². The summed E-state index contributed by atoms with van der Waals surface area (Å²) in [6.45, 7) is 6.94. The first-order chi connectivity index (χ1) is 23.9. The van der Waals surface area contributed by atoms with E-state index in [0.717, 1.165) is 50.4 Å². The molecule has 0 aromatic heterocycles. The maximum atomic E-state index is 12.4. The number of nitrogens with one attached hydrogen (secondary N) is 1. The fraction of sp³-hybridized carbons (Fsp3) is 0.415. The zero-order chi connectivity index (χ0) is 35.7. The van der Waals surface area contributed by atoms with E-state index in [9.17, 15) is 9.59 Å².